The Morgan fingerprint density at radius 1 is 1.18 bits per heavy atom. The van der Waals surface area contributed by atoms with Crippen LogP contribution in [-0.4, -0.2) is 16.8 Å². The van der Waals surface area contributed by atoms with Crippen molar-refractivity contribution in [3.8, 4) is 0 Å². The Labute approximate surface area is 102 Å². The van der Waals surface area contributed by atoms with E-state index < -0.39 is 0 Å². The summed E-state index contributed by atoms with van der Waals surface area (Å²) in [5, 5.41) is 7.79. The van der Waals surface area contributed by atoms with Gasteiger partial charge in [0.2, 0.25) is 0 Å². The van der Waals surface area contributed by atoms with Gasteiger partial charge in [0.25, 0.3) is 0 Å². The smallest absolute Gasteiger partial charge is 0.0644 e. The summed E-state index contributed by atoms with van der Waals surface area (Å²) >= 11 is 0. The van der Waals surface area contributed by atoms with Crippen molar-refractivity contribution in [2.75, 3.05) is 7.05 Å². The van der Waals surface area contributed by atoms with Crippen LogP contribution in [0.15, 0.2) is 30.5 Å². The van der Waals surface area contributed by atoms with Gasteiger partial charge in [0, 0.05) is 18.8 Å². The van der Waals surface area contributed by atoms with E-state index in [9.17, 15) is 0 Å². The maximum atomic E-state index is 4.41. The highest BCUT2D eigenvalue weighted by Crippen LogP contribution is 2.26. The number of rotatable bonds is 3. The summed E-state index contributed by atoms with van der Waals surface area (Å²) < 4.78 is 1.87. The molecule has 1 aromatic heterocycles. The van der Waals surface area contributed by atoms with E-state index in [1.54, 1.807) is 0 Å². The molecule has 0 fully saturated rings. The number of nitrogens with zero attached hydrogens (tertiary/aromatic N) is 2. The van der Waals surface area contributed by atoms with Crippen LogP contribution in [0.2, 0.25) is 0 Å². The number of hydrogen-bond acceptors (Lipinski definition) is 2. The Hall–Kier alpha value is -1.61. The number of aryl methyl sites for hydroxylation is 3. The molecule has 0 bridgehead atoms. The molecule has 1 unspecified atom stereocenters. The number of aromatic nitrogens is 2. The van der Waals surface area contributed by atoms with Gasteiger partial charge >= 0.3 is 0 Å². The van der Waals surface area contributed by atoms with Crippen molar-refractivity contribution in [2.45, 2.75) is 19.9 Å². The van der Waals surface area contributed by atoms with Gasteiger partial charge in [-0.15, -0.1) is 0 Å². The summed E-state index contributed by atoms with van der Waals surface area (Å²) in [4.78, 5) is 0. The van der Waals surface area contributed by atoms with Crippen molar-refractivity contribution in [3.05, 3.63) is 52.8 Å². The van der Waals surface area contributed by atoms with E-state index in [0.717, 1.165) is 5.69 Å². The Bertz CT molecular complexity index is 514. The average Bonchev–Trinajstić information content (AvgIpc) is 2.62. The molecule has 1 N–H and O–H groups in total. The lowest BCUT2D eigenvalue weighted by molar-refractivity contribution is 0.682. The van der Waals surface area contributed by atoms with Gasteiger partial charge in [-0.3, -0.25) is 4.68 Å². The van der Waals surface area contributed by atoms with Gasteiger partial charge in [-0.1, -0.05) is 24.3 Å². The number of benzene rings is 1. The zero-order valence-corrected chi connectivity index (χ0v) is 10.9. The largest absolute Gasteiger partial charge is 0.309 e. The van der Waals surface area contributed by atoms with Gasteiger partial charge in [0.1, 0.15) is 0 Å². The number of hydrogen-bond donors (Lipinski definition) is 1. The maximum absolute atomic E-state index is 4.41. The first-order valence-corrected chi connectivity index (χ1v) is 5.86. The van der Waals surface area contributed by atoms with Crippen LogP contribution in [0, 0.1) is 13.8 Å². The molecule has 1 atom stereocenters. The summed E-state index contributed by atoms with van der Waals surface area (Å²) in [6.45, 7) is 4.20. The van der Waals surface area contributed by atoms with E-state index in [2.05, 4.69) is 54.7 Å². The monoisotopic (exact) mass is 229 g/mol. The summed E-state index contributed by atoms with van der Waals surface area (Å²) in [5.41, 5.74) is 4.93. The fraction of sp³-hybridized carbons (Fsp3) is 0.357. The van der Waals surface area contributed by atoms with E-state index in [4.69, 9.17) is 0 Å². The van der Waals surface area contributed by atoms with Gasteiger partial charge < -0.3 is 5.32 Å². The zero-order valence-electron chi connectivity index (χ0n) is 10.9. The van der Waals surface area contributed by atoms with E-state index >= 15 is 0 Å². The zero-order chi connectivity index (χ0) is 12.4. The molecule has 0 aliphatic carbocycles. The van der Waals surface area contributed by atoms with Crippen molar-refractivity contribution in [3.63, 3.8) is 0 Å². The van der Waals surface area contributed by atoms with Gasteiger partial charge in [-0.25, -0.2) is 0 Å². The third-order valence-electron chi connectivity index (χ3n) is 3.15. The van der Waals surface area contributed by atoms with Crippen LogP contribution in [0.4, 0.5) is 0 Å². The molecule has 0 spiro atoms. The van der Waals surface area contributed by atoms with Crippen LogP contribution in [0.3, 0.4) is 0 Å². The third kappa shape index (κ3) is 2.24. The number of nitrogens with one attached hydrogen (secondary N) is 1. The summed E-state index contributed by atoms with van der Waals surface area (Å²) in [6, 6.07) is 8.68. The summed E-state index contributed by atoms with van der Waals surface area (Å²) in [5.74, 6) is 0. The SMILES string of the molecule is CNC(c1ccccc1C)c1cn(C)nc1C. The normalized spacial score (nSPS) is 12.7. The first-order valence-electron chi connectivity index (χ1n) is 5.86. The second kappa shape index (κ2) is 4.72. The van der Waals surface area contributed by atoms with Crippen molar-refractivity contribution < 1.29 is 0 Å². The van der Waals surface area contributed by atoms with Gasteiger partial charge in [-0.2, -0.15) is 5.10 Å². The molecule has 3 nitrogen and oxygen atoms in total. The lowest BCUT2D eigenvalue weighted by atomic mass is 9.96. The highest BCUT2D eigenvalue weighted by atomic mass is 15.3. The van der Waals surface area contributed by atoms with E-state index in [1.807, 2.05) is 18.8 Å². The quantitative estimate of drug-likeness (QED) is 0.875. The molecular formula is C14H19N3. The van der Waals surface area contributed by atoms with Crippen LogP contribution >= 0.6 is 0 Å². The predicted molar refractivity (Wildman–Crippen MR) is 70.0 cm³/mol. The highest BCUT2D eigenvalue weighted by Gasteiger charge is 2.17. The molecule has 0 saturated heterocycles. The molecule has 90 valence electrons. The van der Waals surface area contributed by atoms with E-state index in [1.165, 1.54) is 16.7 Å². The van der Waals surface area contributed by atoms with Gasteiger partial charge in [-0.05, 0) is 32.0 Å². The molecule has 0 aliphatic rings. The minimum absolute atomic E-state index is 0.213. The fourth-order valence-corrected chi connectivity index (χ4v) is 2.29. The van der Waals surface area contributed by atoms with Crippen LogP contribution in [0.1, 0.15) is 28.4 Å². The standard InChI is InChI=1S/C14H19N3/c1-10-7-5-6-8-12(10)14(15-3)13-9-17(4)16-11(13)2/h5-9,14-15H,1-4H3. The van der Waals surface area contributed by atoms with E-state index in [-0.39, 0.29) is 6.04 Å². The molecule has 3 heteroatoms. The van der Waals surface area contributed by atoms with Crippen molar-refractivity contribution in [2.24, 2.45) is 7.05 Å². The molecule has 0 aliphatic heterocycles. The van der Waals surface area contributed by atoms with Crippen LogP contribution in [0.25, 0.3) is 0 Å². The molecule has 0 saturated carbocycles. The minimum atomic E-state index is 0.213. The molecular weight excluding hydrogens is 210 g/mol. The Balaban J connectivity index is 2.47. The molecule has 2 rings (SSSR count). The van der Waals surface area contributed by atoms with Crippen molar-refractivity contribution in [1.82, 2.24) is 15.1 Å². The van der Waals surface area contributed by atoms with E-state index in [0.29, 0.717) is 0 Å². The molecule has 2 aromatic rings. The second-order valence-electron chi connectivity index (χ2n) is 4.42. The third-order valence-corrected chi connectivity index (χ3v) is 3.15. The first-order chi connectivity index (χ1) is 8.13. The maximum Gasteiger partial charge on any atom is 0.0644 e. The first kappa shape index (κ1) is 11.9. The fourth-order valence-electron chi connectivity index (χ4n) is 2.29. The Morgan fingerprint density at radius 2 is 1.88 bits per heavy atom. The molecule has 0 amide bonds. The lowest BCUT2D eigenvalue weighted by Gasteiger charge is -2.18. The topological polar surface area (TPSA) is 29.9 Å². The lowest BCUT2D eigenvalue weighted by Crippen LogP contribution is -2.19. The average molecular weight is 229 g/mol. The highest BCUT2D eigenvalue weighted by molar-refractivity contribution is 5.37. The van der Waals surface area contributed by atoms with Gasteiger partial charge in [0.15, 0.2) is 0 Å². The summed E-state index contributed by atoms with van der Waals surface area (Å²) in [7, 11) is 3.95. The second-order valence-corrected chi connectivity index (χ2v) is 4.42. The Kier molecular flexibility index (Phi) is 3.29. The van der Waals surface area contributed by atoms with Crippen LogP contribution < -0.4 is 5.32 Å². The van der Waals surface area contributed by atoms with Crippen LogP contribution in [-0.2, 0) is 7.05 Å². The molecule has 0 radical (unpaired) electrons. The predicted octanol–water partition coefficient (Wildman–Crippen LogP) is 2.35. The molecule has 1 heterocycles. The van der Waals surface area contributed by atoms with Gasteiger partial charge in [0.05, 0.1) is 11.7 Å². The minimum Gasteiger partial charge on any atom is -0.309 e. The van der Waals surface area contributed by atoms with Crippen molar-refractivity contribution in [1.29, 1.82) is 0 Å². The molecule has 1 aromatic carbocycles. The molecule has 17 heavy (non-hydrogen) atoms. The van der Waals surface area contributed by atoms with Crippen LogP contribution in [0.5, 0.6) is 0 Å². The Morgan fingerprint density at radius 3 is 2.41 bits per heavy atom. The van der Waals surface area contributed by atoms with Crippen molar-refractivity contribution >= 4 is 0 Å². The summed E-state index contributed by atoms with van der Waals surface area (Å²) in [6.07, 6.45) is 2.09.